The first kappa shape index (κ1) is 18.7. The largest absolute Gasteiger partial charge is 0.469 e. The van der Waals surface area contributed by atoms with Crippen molar-refractivity contribution in [1.29, 1.82) is 0 Å². The van der Waals surface area contributed by atoms with E-state index in [0.29, 0.717) is 6.54 Å². The van der Waals surface area contributed by atoms with Crippen molar-refractivity contribution in [2.75, 3.05) is 26.7 Å². The summed E-state index contributed by atoms with van der Waals surface area (Å²) in [6.07, 6.45) is 6.25. The number of guanidine groups is 1. The minimum absolute atomic E-state index is 0.00592. The van der Waals surface area contributed by atoms with Gasteiger partial charge in [-0.2, -0.15) is 0 Å². The fourth-order valence-electron chi connectivity index (χ4n) is 3.73. The highest BCUT2D eigenvalue weighted by Crippen LogP contribution is 2.19. The molecule has 0 aromatic carbocycles. The van der Waals surface area contributed by atoms with Gasteiger partial charge in [0, 0.05) is 32.6 Å². The van der Waals surface area contributed by atoms with Gasteiger partial charge in [0.05, 0.1) is 13.0 Å². The summed E-state index contributed by atoms with van der Waals surface area (Å²) in [7, 11) is 1.46. The topological polar surface area (TPSA) is 84.6 Å². The van der Waals surface area contributed by atoms with Crippen molar-refractivity contribution >= 4 is 11.9 Å². The average Bonchev–Trinajstić information content (AvgIpc) is 2.90. The number of carbonyl (C=O) groups is 1. The number of nitrogens with one attached hydrogen (secondary N) is 1. The van der Waals surface area contributed by atoms with Crippen LogP contribution in [0.5, 0.6) is 0 Å². The first-order valence-corrected chi connectivity index (χ1v) is 9.75. The molecule has 0 unspecified atom stereocenters. The molecule has 0 aliphatic carbocycles. The molecule has 3 rings (SSSR count). The number of nitrogens with zero attached hydrogens (tertiary/aromatic N) is 5. The second-order valence-electron chi connectivity index (χ2n) is 6.95. The standard InChI is InChI=1S/C18H30N6O2/c1-3-19-18(23-11-8-14(9-12-23)17(25)26-2)20-13-16-22-21-15-7-5-4-6-10-24(15)16/h14H,3-13H2,1-2H3,(H,19,20). The van der Waals surface area contributed by atoms with Gasteiger partial charge in [-0.1, -0.05) is 6.42 Å². The normalized spacial score (nSPS) is 19.0. The van der Waals surface area contributed by atoms with Crippen LogP contribution in [0.15, 0.2) is 4.99 Å². The first-order chi connectivity index (χ1) is 12.7. The second-order valence-corrected chi connectivity index (χ2v) is 6.95. The molecule has 0 amide bonds. The number of aliphatic imine (C=N–C) groups is 1. The predicted octanol–water partition coefficient (Wildman–Crippen LogP) is 1.35. The third kappa shape index (κ3) is 4.34. The highest BCUT2D eigenvalue weighted by atomic mass is 16.5. The van der Waals surface area contributed by atoms with E-state index in [0.717, 1.165) is 63.0 Å². The molecular formula is C18H30N6O2. The van der Waals surface area contributed by atoms with Crippen molar-refractivity contribution in [1.82, 2.24) is 25.0 Å². The highest BCUT2D eigenvalue weighted by Gasteiger charge is 2.27. The van der Waals surface area contributed by atoms with Crippen molar-refractivity contribution in [2.45, 2.75) is 58.5 Å². The number of aromatic nitrogens is 3. The van der Waals surface area contributed by atoms with E-state index in [4.69, 9.17) is 9.73 Å². The molecular weight excluding hydrogens is 332 g/mol. The van der Waals surface area contributed by atoms with E-state index in [-0.39, 0.29) is 11.9 Å². The number of fused-ring (bicyclic) bond motifs is 1. The number of ether oxygens (including phenoxy) is 1. The summed E-state index contributed by atoms with van der Waals surface area (Å²) in [5.41, 5.74) is 0. The molecule has 1 fully saturated rings. The summed E-state index contributed by atoms with van der Waals surface area (Å²) in [6.45, 7) is 6.03. The summed E-state index contributed by atoms with van der Waals surface area (Å²) in [5.74, 6) is 2.84. The molecule has 0 bridgehead atoms. The van der Waals surface area contributed by atoms with Gasteiger partial charge in [0.25, 0.3) is 0 Å². The quantitative estimate of drug-likeness (QED) is 0.494. The maximum absolute atomic E-state index is 11.7. The zero-order chi connectivity index (χ0) is 18.4. The van der Waals surface area contributed by atoms with Crippen LogP contribution in [0.2, 0.25) is 0 Å². The Balaban J connectivity index is 1.65. The number of esters is 1. The van der Waals surface area contributed by atoms with Crippen LogP contribution >= 0.6 is 0 Å². The Morgan fingerprint density at radius 3 is 2.77 bits per heavy atom. The summed E-state index contributed by atoms with van der Waals surface area (Å²) < 4.78 is 7.11. The Morgan fingerprint density at radius 2 is 2.04 bits per heavy atom. The van der Waals surface area contributed by atoms with E-state index in [1.54, 1.807) is 0 Å². The summed E-state index contributed by atoms with van der Waals surface area (Å²) >= 11 is 0. The Morgan fingerprint density at radius 1 is 1.23 bits per heavy atom. The predicted molar refractivity (Wildman–Crippen MR) is 98.7 cm³/mol. The third-order valence-corrected chi connectivity index (χ3v) is 5.22. The fraction of sp³-hybridized carbons (Fsp3) is 0.778. The first-order valence-electron chi connectivity index (χ1n) is 9.75. The van der Waals surface area contributed by atoms with E-state index in [1.807, 2.05) is 0 Å². The monoisotopic (exact) mass is 362 g/mol. The molecule has 1 N–H and O–H groups in total. The smallest absolute Gasteiger partial charge is 0.308 e. The molecule has 1 aromatic rings. The van der Waals surface area contributed by atoms with Crippen molar-refractivity contribution < 1.29 is 9.53 Å². The molecule has 0 saturated carbocycles. The van der Waals surface area contributed by atoms with E-state index < -0.39 is 0 Å². The Kier molecular flexibility index (Phi) is 6.46. The second kappa shape index (κ2) is 9.00. The van der Waals surface area contributed by atoms with Crippen LogP contribution in [0.3, 0.4) is 0 Å². The number of methoxy groups -OCH3 is 1. The van der Waals surface area contributed by atoms with Crippen LogP contribution in [-0.4, -0.2) is 58.3 Å². The maximum Gasteiger partial charge on any atom is 0.308 e. The maximum atomic E-state index is 11.7. The zero-order valence-corrected chi connectivity index (χ0v) is 15.9. The van der Waals surface area contributed by atoms with Gasteiger partial charge in [0.2, 0.25) is 0 Å². The lowest BCUT2D eigenvalue weighted by molar-refractivity contribution is -0.146. The number of hydrogen-bond donors (Lipinski definition) is 1. The summed E-state index contributed by atoms with van der Waals surface area (Å²) in [4.78, 5) is 18.7. The molecule has 144 valence electrons. The number of hydrogen-bond acceptors (Lipinski definition) is 5. The Hall–Kier alpha value is -2.12. The van der Waals surface area contributed by atoms with E-state index in [1.165, 1.54) is 26.4 Å². The highest BCUT2D eigenvalue weighted by molar-refractivity contribution is 5.80. The van der Waals surface area contributed by atoms with Crippen LogP contribution in [0.4, 0.5) is 0 Å². The summed E-state index contributed by atoms with van der Waals surface area (Å²) in [5, 5.41) is 12.1. The summed E-state index contributed by atoms with van der Waals surface area (Å²) in [6, 6.07) is 0. The van der Waals surface area contributed by atoms with Crippen molar-refractivity contribution in [3.8, 4) is 0 Å². The SMILES string of the molecule is CCNC(=NCc1nnc2n1CCCCC2)N1CCC(C(=O)OC)CC1. The van der Waals surface area contributed by atoms with Crippen molar-refractivity contribution in [3.05, 3.63) is 11.6 Å². The molecule has 26 heavy (non-hydrogen) atoms. The number of piperidine rings is 1. The van der Waals surface area contributed by atoms with Gasteiger partial charge < -0.3 is 19.5 Å². The minimum atomic E-state index is -0.0993. The third-order valence-electron chi connectivity index (χ3n) is 5.22. The molecule has 0 radical (unpaired) electrons. The molecule has 1 saturated heterocycles. The number of rotatable bonds is 4. The lowest BCUT2D eigenvalue weighted by atomic mass is 9.97. The Labute approximate surface area is 155 Å². The molecule has 8 heteroatoms. The minimum Gasteiger partial charge on any atom is -0.469 e. The number of carbonyl (C=O) groups excluding carboxylic acids is 1. The van der Waals surface area contributed by atoms with E-state index in [9.17, 15) is 4.79 Å². The van der Waals surface area contributed by atoms with Crippen molar-refractivity contribution in [3.63, 3.8) is 0 Å². The van der Waals surface area contributed by atoms with Crippen LogP contribution in [0.25, 0.3) is 0 Å². The number of aryl methyl sites for hydroxylation is 1. The van der Waals surface area contributed by atoms with Gasteiger partial charge in [-0.3, -0.25) is 4.79 Å². The number of likely N-dealkylation sites (tertiary alicyclic amines) is 1. The average molecular weight is 362 g/mol. The van der Waals surface area contributed by atoms with Crippen molar-refractivity contribution in [2.24, 2.45) is 10.9 Å². The van der Waals surface area contributed by atoms with Crippen LogP contribution < -0.4 is 5.32 Å². The fourth-order valence-corrected chi connectivity index (χ4v) is 3.73. The Bertz CT molecular complexity index is 634. The van der Waals surface area contributed by atoms with E-state index >= 15 is 0 Å². The van der Waals surface area contributed by atoms with Gasteiger partial charge in [-0.05, 0) is 32.6 Å². The van der Waals surface area contributed by atoms with Crippen LogP contribution in [0.1, 0.15) is 50.7 Å². The van der Waals surface area contributed by atoms with E-state index in [2.05, 4.69) is 31.9 Å². The molecule has 3 heterocycles. The van der Waals surface area contributed by atoms with Gasteiger partial charge in [0.15, 0.2) is 11.8 Å². The molecule has 1 aromatic heterocycles. The lowest BCUT2D eigenvalue weighted by Crippen LogP contribution is -2.46. The molecule has 8 nitrogen and oxygen atoms in total. The zero-order valence-electron chi connectivity index (χ0n) is 15.9. The lowest BCUT2D eigenvalue weighted by Gasteiger charge is -2.33. The molecule has 2 aliphatic heterocycles. The van der Waals surface area contributed by atoms with Gasteiger partial charge in [0.1, 0.15) is 12.4 Å². The molecule has 2 aliphatic rings. The van der Waals surface area contributed by atoms with Crippen LogP contribution in [0, 0.1) is 5.92 Å². The van der Waals surface area contributed by atoms with Gasteiger partial charge in [-0.25, -0.2) is 4.99 Å². The van der Waals surface area contributed by atoms with Crippen LogP contribution in [-0.2, 0) is 29.0 Å². The molecule has 0 spiro atoms. The molecule has 0 atom stereocenters. The van der Waals surface area contributed by atoms with Gasteiger partial charge in [-0.15, -0.1) is 10.2 Å². The van der Waals surface area contributed by atoms with Gasteiger partial charge >= 0.3 is 5.97 Å².